The Hall–Kier alpha value is -0.210. The first-order valence-electron chi connectivity index (χ1n) is 5.86. The molecule has 1 heterocycles. The monoisotopic (exact) mass is 270 g/mol. The Morgan fingerprint density at radius 1 is 1.12 bits per heavy atom. The van der Waals surface area contributed by atoms with E-state index in [1.54, 1.807) is 0 Å². The summed E-state index contributed by atoms with van der Waals surface area (Å²) in [5, 5.41) is 1.02. The summed E-state index contributed by atoms with van der Waals surface area (Å²) in [6, 6.07) is 9.93. The van der Waals surface area contributed by atoms with Gasteiger partial charge in [-0.15, -0.1) is 0 Å². The minimum Gasteiger partial charge on any atom is -0.326 e. The number of rotatable bonds is 1. The van der Waals surface area contributed by atoms with Gasteiger partial charge < -0.3 is 9.05 Å². The Kier molecular flexibility index (Phi) is 3.74. The van der Waals surface area contributed by atoms with Crippen molar-refractivity contribution in [1.29, 1.82) is 0 Å². The highest BCUT2D eigenvalue weighted by molar-refractivity contribution is 8.13. The summed E-state index contributed by atoms with van der Waals surface area (Å²) in [7, 11) is 0. The molecular weight excluding hydrogens is 251 g/mol. The molecule has 1 aromatic rings. The third kappa shape index (κ3) is 2.97. The van der Waals surface area contributed by atoms with Crippen LogP contribution in [0.1, 0.15) is 20.8 Å². The third-order valence-corrected chi connectivity index (χ3v) is 6.36. The van der Waals surface area contributed by atoms with Crippen LogP contribution >= 0.6 is 6.49 Å². The lowest BCUT2D eigenvalue weighted by Crippen LogP contribution is -2.33. The van der Waals surface area contributed by atoms with Crippen molar-refractivity contribution in [2.24, 2.45) is 11.3 Å². The van der Waals surface area contributed by atoms with Gasteiger partial charge in [-0.05, 0) is 29.4 Å². The van der Waals surface area contributed by atoms with Gasteiger partial charge in [-0.25, -0.2) is 0 Å². The van der Waals surface area contributed by atoms with Crippen LogP contribution in [0, 0.1) is 11.3 Å². The molecule has 0 spiro atoms. The molecule has 0 unspecified atom stereocenters. The quantitative estimate of drug-likeness (QED) is 0.729. The maximum atomic E-state index is 5.89. The van der Waals surface area contributed by atoms with Crippen molar-refractivity contribution in [3.63, 3.8) is 0 Å². The number of hydrogen-bond donors (Lipinski definition) is 0. The molecule has 0 atom stereocenters. The summed E-state index contributed by atoms with van der Waals surface area (Å²) in [5.74, 6) is 0.419. The minimum atomic E-state index is -2.24. The van der Waals surface area contributed by atoms with E-state index in [0.29, 0.717) is 19.1 Å². The molecule has 2 nitrogen and oxygen atoms in total. The highest BCUT2D eigenvalue weighted by atomic mass is 32.5. The second-order valence-corrected chi connectivity index (χ2v) is 8.96. The predicted molar refractivity (Wildman–Crippen MR) is 75.2 cm³/mol. The van der Waals surface area contributed by atoms with Crippen molar-refractivity contribution in [3.8, 4) is 0 Å². The van der Waals surface area contributed by atoms with E-state index in [9.17, 15) is 0 Å². The van der Waals surface area contributed by atoms with Crippen LogP contribution in [0.4, 0.5) is 0 Å². The molecule has 0 N–H and O–H groups in total. The van der Waals surface area contributed by atoms with E-state index in [2.05, 4.69) is 20.8 Å². The molecule has 0 radical (unpaired) electrons. The smallest absolute Gasteiger partial charge is 0.219 e. The Labute approximate surface area is 109 Å². The van der Waals surface area contributed by atoms with Gasteiger partial charge in [-0.1, -0.05) is 39.0 Å². The second-order valence-electron chi connectivity index (χ2n) is 5.49. The predicted octanol–water partition coefficient (Wildman–Crippen LogP) is 3.33. The van der Waals surface area contributed by atoms with Crippen LogP contribution in [-0.2, 0) is 20.9 Å². The van der Waals surface area contributed by atoms with E-state index in [1.807, 2.05) is 30.3 Å². The molecule has 1 aromatic carbocycles. The lowest BCUT2D eigenvalue weighted by Gasteiger charge is -2.38. The first-order chi connectivity index (χ1) is 7.92. The van der Waals surface area contributed by atoms with E-state index in [0.717, 1.165) is 5.30 Å². The Morgan fingerprint density at radius 3 is 2.12 bits per heavy atom. The molecule has 1 saturated heterocycles. The van der Waals surface area contributed by atoms with Gasteiger partial charge in [0.15, 0.2) is 0 Å². The van der Waals surface area contributed by atoms with Crippen LogP contribution in [0.25, 0.3) is 0 Å². The van der Waals surface area contributed by atoms with Crippen LogP contribution < -0.4 is 5.30 Å². The van der Waals surface area contributed by atoms with E-state index < -0.39 is 6.49 Å². The summed E-state index contributed by atoms with van der Waals surface area (Å²) in [4.78, 5) is 0. The van der Waals surface area contributed by atoms with E-state index in [-0.39, 0.29) is 5.41 Å². The number of hydrogen-bond acceptors (Lipinski definition) is 3. The molecule has 94 valence electrons. The average Bonchev–Trinajstić information content (AvgIpc) is 2.29. The third-order valence-electron chi connectivity index (χ3n) is 3.19. The van der Waals surface area contributed by atoms with Gasteiger partial charge >= 0.3 is 0 Å². The SMILES string of the molecule is CC(C)(C)C1COP(=S)(c2ccccc2)OC1. The first-order valence-corrected chi connectivity index (χ1v) is 8.50. The summed E-state index contributed by atoms with van der Waals surface area (Å²) < 4.78 is 11.8. The van der Waals surface area contributed by atoms with E-state index in [1.165, 1.54) is 0 Å². The Bertz CT molecular complexity index is 413. The van der Waals surface area contributed by atoms with Gasteiger partial charge in [0, 0.05) is 11.2 Å². The van der Waals surface area contributed by atoms with Gasteiger partial charge in [0.05, 0.1) is 13.2 Å². The fraction of sp³-hybridized carbons (Fsp3) is 0.538. The lowest BCUT2D eigenvalue weighted by molar-refractivity contribution is 0.0545. The second kappa shape index (κ2) is 4.81. The first kappa shape index (κ1) is 13.2. The van der Waals surface area contributed by atoms with Crippen LogP contribution in [0.2, 0.25) is 0 Å². The summed E-state index contributed by atoms with van der Waals surface area (Å²) in [6.45, 7) is 5.80. The zero-order valence-electron chi connectivity index (χ0n) is 10.6. The van der Waals surface area contributed by atoms with Gasteiger partial charge in [0.25, 0.3) is 0 Å². The maximum Gasteiger partial charge on any atom is 0.219 e. The molecule has 1 aliphatic rings. The summed E-state index contributed by atoms with van der Waals surface area (Å²) >= 11 is 5.56. The summed E-state index contributed by atoms with van der Waals surface area (Å²) in [5.41, 5.74) is 0.206. The van der Waals surface area contributed by atoms with Crippen molar-refractivity contribution >= 4 is 23.6 Å². The number of benzene rings is 1. The van der Waals surface area contributed by atoms with Crippen LogP contribution in [0.15, 0.2) is 30.3 Å². The van der Waals surface area contributed by atoms with Gasteiger partial charge in [0.2, 0.25) is 6.49 Å². The standard InChI is InChI=1S/C13H19O2PS/c1-13(2,3)11-9-14-16(17,15-10-11)12-7-5-4-6-8-12/h4-8,11H,9-10H2,1-3H3. The zero-order valence-corrected chi connectivity index (χ0v) is 12.3. The average molecular weight is 270 g/mol. The molecule has 0 bridgehead atoms. The highest BCUT2D eigenvalue weighted by Crippen LogP contribution is 2.52. The van der Waals surface area contributed by atoms with Gasteiger partial charge in [-0.2, -0.15) is 0 Å². The largest absolute Gasteiger partial charge is 0.326 e. The fourth-order valence-corrected chi connectivity index (χ4v) is 4.11. The molecule has 17 heavy (non-hydrogen) atoms. The minimum absolute atomic E-state index is 0.206. The maximum absolute atomic E-state index is 5.89. The molecule has 1 aliphatic heterocycles. The van der Waals surface area contributed by atoms with Crippen LogP contribution in [0.3, 0.4) is 0 Å². The fourth-order valence-electron chi connectivity index (χ4n) is 1.72. The van der Waals surface area contributed by atoms with Gasteiger partial charge in [-0.3, -0.25) is 0 Å². The van der Waals surface area contributed by atoms with E-state index in [4.69, 9.17) is 20.9 Å². The lowest BCUT2D eigenvalue weighted by atomic mass is 9.82. The van der Waals surface area contributed by atoms with Crippen molar-refractivity contribution < 1.29 is 9.05 Å². The molecule has 0 amide bonds. The zero-order chi connectivity index (χ0) is 12.5. The summed E-state index contributed by atoms with van der Waals surface area (Å²) in [6.07, 6.45) is 0. The molecule has 0 aromatic heterocycles. The molecule has 0 aliphatic carbocycles. The molecule has 4 heteroatoms. The Morgan fingerprint density at radius 2 is 1.65 bits per heavy atom. The van der Waals surface area contributed by atoms with Gasteiger partial charge in [0.1, 0.15) is 0 Å². The van der Waals surface area contributed by atoms with Crippen LogP contribution in [-0.4, -0.2) is 13.2 Å². The van der Waals surface area contributed by atoms with Crippen molar-refractivity contribution in [2.45, 2.75) is 20.8 Å². The molecule has 0 saturated carbocycles. The normalized spacial score (nSPS) is 30.2. The topological polar surface area (TPSA) is 18.5 Å². The highest BCUT2D eigenvalue weighted by Gasteiger charge is 2.35. The molecular formula is C13H19O2PS. The Balaban J connectivity index is 2.11. The van der Waals surface area contributed by atoms with E-state index >= 15 is 0 Å². The van der Waals surface area contributed by atoms with Crippen LogP contribution in [0.5, 0.6) is 0 Å². The molecule has 2 rings (SSSR count). The molecule has 1 fully saturated rings. The van der Waals surface area contributed by atoms with Crippen molar-refractivity contribution in [1.82, 2.24) is 0 Å². The van der Waals surface area contributed by atoms with Crippen molar-refractivity contribution in [3.05, 3.63) is 30.3 Å². The van der Waals surface area contributed by atoms with Crippen molar-refractivity contribution in [2.75, 3.05) is 13.2 Å².